The Kier molecular flexibility index (Phi) is 9.77. The molecule has 2 N–H and O–H groups in total. The van der Waals surface area contributed by atoms with E-state index in [0.717, 1.165) is 28.7 Å². The van der Waals surface area contributed by atoms with Gasteiger partial charge in [0.05, 0.1) is 10.4 Å². The van der Waals surface area contributed by atoms with Gasteiger partial charge in [-0.25, -0.2) is 17.5 Å². The van der Waals surface area contributed by atoms with Gasteiger partial charge in [-0.05, 0) is 73.2 Å². The van der Waals surface area contributed by atoms with E-state index in [0.29, 0.717) is 48.6 Å². The second kappa shape index (κ2) is 13.5. The maximum absolute atomic E-state index is 16.1. The number of amides is 1. The van der Waals surface area contributed by atoms with Crippen molar-refractivity contribution in [3.05, 3.63) is 88.2 Å². The molecule has 1 aromatic heterocycles. The van der Waals surface area contributed by atoms with Crippen LogP contribution in [0.1, 0.15) is 60.4 Å². The van der Waals surface area contributed by atoms with Crippen LogP contribution in [0.3, 0.4) is 0 Å². The SMILES string of the molecule is CC[C@H]1Cc2ccccc2S(=O)(=O)N(Cc2cc([C@H](CC(=O)NCCNC)c3ccc4c(nnn4CC)c3F)ccc2C)C1. The number of fused-ring (bicyclic) bond motifs is 2. The van der Waals surface area contributed by atoms with E-state index in [1.54, 1.807) is 33.3 Å². The lowest BCUT2D eigenvalue weighted by atomic mass is 9.86. The second-order valence-corrected chi connectivity index (χ2v) is 13.4. The summed E-state index contributed by atoms with van der Waals surface area (Å²) in [6.07, 6.45) is 1.58. The molecule has 9 nitrogen and oxygen atoms in total. The summed E-state index contributed by atoms with van der Waals surface area (Å²) in [6, 6.07) is 16.5. The van der Waals surface area contributed by atoms with Gasteiger partial charge in [-0.2, -0.15) is 4.31 Å². The van der Waals surface area contributed by atoms with Crippen molar-refractivity contribution in [2.24, 2.45) is 5.92 Å². The minimum absolute atomic E-state index is 0.0177. The molecule has 0 radical (unpaired) electrons. The molecule has 0 bridgehead atoms. The van der Waals surface area contributed by atoms with E-state index in [4.69, 9.17) is 0 Å². The molecule has 0 unspecified atom stereocenters. The third-order valence-corrected chi connectivity index (χ3v) is 10.6. The normalized spacial score (nSPS) is 17.2. The Morgan fingerprint density at radius 1 is 1.11 bits per heavy atom. The molecule has 3 aromatic carbocycles. The van der Waals surface area contributed by atoms with Crippen LogP contribution >= 0.6 is 0 Å². The van der Waals surface area contributed by atoms with E-state index in [2.05, 4.69) is 27.9 Å². The predicted molar refractivity (Wildman–Crippen MR) is 169 cm³/mol. The lowest BCUT2D eigenvalue weighted by Crippen LogP contribution is -2.33. The first kappa shape index (κ1) is 31.7. The Balaban J connectivity index is 1.54. The zero-order valence-corrected chi connectivity index (χ0v) is 26.6. The largest absolute Gasteiger partial charge is 0.355 e. The topological polar surface area (TPSA) is 109 Å². The first-order valence-corrected chi connectivity index (χ1v) is 16.7. The molecule has 1 aliphatic heterocycles. The van der Waals surface area contributed by atoms with Crippen LogP contribution in [0.5, 0.6) is 0 Å². The van der Waals surface area contributed by atoms with Crippen molar-refractivity contribution in [1.82, 2.24) is 29.9 Å². The van der Waals surface area contributed by atoms with E-state index in [-0.39, 0.29) is 30.3 Å². The van der Waals surface area contributed by atoms with Crippen LogP contribution in [0.15, 0.2) is 59.5 Å². The molecule has 0 fully saturated rings. The van der Waals surface area contributed by atoms with Crippen LogP contribution in [0.4, 0.5) is 4.39 Å². The number of sulfonamides is 1. The summed E-state index contributed by atoms with van der Waals surface area (Å²) in [7, 11) is -1.93. The molecule has 2 heterocycles. The third-order valence-electron chi connectivity index (χ3n) is 8.68. The van der Waals surface area contributed by atoms with Gasteiger partial charge in [0.25, 0.3) is 0 Å². The van der Waals surface area contributed by atoms with Gasteiger partial charge < -0.3 is 10.6 Å². The van der Waals surface area contributed by atoms with E-state index >= 15 is 4.39 Å². The average molecular weight is 621 g/mol. The maximum atomic E-state index is 16.1. The number of nitrogens with one attached hydrogen (secondary N) is 2. The summed E-state index contributed by atoms with van der Waals surface area (Å²) in [6.45, 7) is 8.15. The van der Waals surface area contributed by atoms with Gasteiger partial charge in [-0.3, -0.25) is 4.79 Å². The number of aryl methyl sites for hydroxylation is 2. The van der Waals surface area contributed by atoms with E-state index in [1.807, 2.05) is 51.2 Å². The molecule has 234 valence electrons. The van der Waals surface area contributed by atoms with Crippen molar-refractivity contribution in [3.63, 3.8) is 0 Å². The minimum atomic E-state index is -3.74. The number of benzene rings is 3. The number of likely N-dealkylation sites (N-methyl/N-ethyl adjacent to an activating group) is 1. The highest BCUT2D eigenvalue weighted by atomic mass is 32.2. The average Bonchev–Trinajstić information content (AvgIpc) is 3.40. The van der Waals surface area contributed by atoms with Crippen molar-refractivity contribution < 1.29 is 17.6 Å². The van der Waals surface area contributed by atoms with Crippen molar-refractivity contribution in [1.29, 1.82) is 0 Å². The van der Waals surface area contributed by atoms with Gasteiger partial charge in [0.1, 0.15) is 5.52 Å². The van der Waals surface area contributed by atoms with Crippen molar-refractivity contribution in [2.75, 3.05) is 26.7 Å². The Labute approximate surface area is 258 Å². The number of carbonyl (C=O) groups is 1. The summed E-state index contributed by atoms with van der Waals surface area (Å²) >= 11 is 0. The fraction of sp³-hybridized carbons (Fsp3) is 0.424. The molecule has 11 heteroatoms. The number of hydrogen-bond acceptors (Lipinski definition) is 6. The molecular formula is C33H41FN6O3S. The first-order chi connectivity index (χ1) is 21.2. The van der Waals surface area contributed by atoms with E-state index < -0.39 is 21.8 Å². The summed E-state index contributed by atoms with van der Waals surface area (Å²) in [5, 5.41) is 14.1. The van der Waals surface area contributed by atoms with Crippen LogP contribution in [0.2, 0.25) is 0 Å². The molecule has 0 saturated heterocycles. The van der Waals surface area contributed by atoms with Gasteiger partial charge in [0.15, 0.2) is 5.82 Å². The Hall–Kier alpha value is -3.67. The lowest BCUT2D eigenvalue weighted by Gasteiger charge is -2.25. The fourth-order valence-corrected chi connectivity index (χ4v) is 7.76. The molecular weight excluding hydrogens is 579 g/mol. The Morgan fingerprint density at radius 3 is 2.66 bits per heavy atom. The molecule has 1 aliphatic rings. The third kappa shape index (κ3) is 6.40. The molecule has 2 atom stereocenters. The number of aromatic nitrogens is 3. The number of nitrogens with zero attached hydrogens (tertiary/aromatic N) is 4. The van der Waals surface area contributed by atoms with Gasteiger partial charge in [-0.15, -0.1) is 5.10 Å². The summed E-state index contributed by atoms with van der Waals surface area (Å²) in [5.41, 5.74) is 4.43. The van der Waals surface area contributed by atoms with Gasteiger partial charge in [0.2, 0.25) is 15.9 Å². The number of hydrogen-bond donors (Lipinski definition) is 2. The maximum Gasteiger partial charge on any atom is 0.243 e. The van der Waals surface area contributed by atoms with Crippen molar-refractivity contribution >= 4 is 27.0 Å². The number of rotatable bonds is 11. The van der Waals surface area contributed by atoms with E-state index in [1.165, 1.54) is 0 Å². The van der Waals surface area contributed by atoms with Crippen LogP contribution < -0.4 is 10.6 Å². The molecule has 4 aromatic rings. The van der Waals surface area contributed by atoms with E-state index in [9.17, 15) is 13.2 Å². The number of halogens is 1. The molecule has 5 rings (SSSR count). The standard InChI is InChI=1S/C33H41FN6O3S/c1-5-23-17-25-9-7-8-10-30(25)44(42,43)39(20-23)21-26-18-24(12-11-22(26)3)28(19-31(41)36-16-15-35-4)27-13-14-29-33(32(27)34)37-38-40(29)6-2/h7-14,18,23,28,35H,5-6,15-17,19-21H2,1-4H3,(H,36,41)/t23-,28-/m0/s1. The predicted octanol–water partition coefficient (Wildman–Crippen LogP) is 4.53. The smallest absolute Gasteiger partial charge is 0.243 e. The molecule has 0 saturated carbocycles. The molecule has 0 spiro atoms. The monoisotopic (exact) mass is 620 g/mol. The lowest BCUT2D eigenvalue weighted by molar-refractivity contribution is -0.121. The molecule has 1 amide bonds. The quantitative estimate of drug-likeness (QED) is 0.239. The van der Waals surface area contributed by atoms with Crippen LogP contribution in [-0.2, 0) is 34.3 Å². The Morgan fingerprint density at radius 2 is 1.91 bits per heavy atom. The highest BCUT2D eigenvalue weighted by Crippen LogP contribution is 2.35. The molecule has 44 heavy (non-hydrogen) atoms. The van der Waals surface area contributed by atoms with Gasteiger partial charge in [-0.1, -0.05) is 61.0 Å². The minimum Gasteiger partial charge on any atom is -0.355 e. The summed E-state index contributed by atoms with van der Waals surface area (Å²) in [5.74, 6) is -1.15. The second-order valence-electron chi connectivity index (χ2n) is 11.5. The zero-order valence-electron chi connectivity index (χ0n) is 25.8. The fourth-order valence-electron chi connectivity index (χ4n) is 6.03. The summed E-state index contributed by atoms with van der Waals surface area (Å²) < 4.78 is 47.1. The summed E-state index contributed by atoms with van der Waals surface area (Å²) in [4.78, 5) is 13.5. The van der Waals surface area contributed by atoms with Gasteiger partial charge >= 0.3 is 0 Å². The van der Waals surface area contributed by atoms with Crippen LogP contribution in [-0.4, -0.2) is 60.3 Å². The van der Waals surface area contributed by atoms with Crippen molar-refractivity contribution in [3.8, 4) is 0 Å². The first-order valence-electron chi connectivity index (χ1n) is 15.3. The highest BCUT2D eigenvalue weighted by molar-refractivity contribution is 7.89. The molecule has 0 aliphatic carbocycles. The highest BCUT2D eigenvalue weighted by Gasteiger charge is 2.33. The van der Waals surface area contributed by atoms with Gasteiger partial charge in [0, 0.05) is 45.1 Å². The number of carbonyl (C=O) groups excluding carboxylic acids is 1. The van der Waals surface area contributed by atoms with Crippen molar-refractivity contribution in [2.45, 2.75) is 63.9 Å². The zero-order chi connectivity index (χ0) is 31.4. The van der Waals surface area contributed by atoms with Crippen LogP contribution in [0.25, 0.3) is 11.0 Å². The van der Waals surface area contributed by atoms with Crippen LogP contribution in [0, 0.1) is 18.7 Å². The Bertz CT molecular complexity index is 1760.